The maximum atomic E-state index is 12.8. The van der Waals surface area contributed by atoms with Crippen molar-refractivity contribution in [3.8, 4) is 0 Å². The molecule has 2 fully saturated rings. The molecule has 2 saturated heterocycles. The second-order valence-electron chi connectivity index (χ2n) is 8.58. The lowest BCUT2D eigenvalue weighted by atomic mass is 9.86. The Morgan fingerprint density at radius 3 is 2.13 bits per heavy atom. The van der Waals surface area contributed by atoms with E-state index in [1.165, 1.54) is 6.92 Å². The standard InChI is InChI=1S/C17H27N5O7S/c1-8(23)18-13(17(2,3)4)15(26)20-11-7-30(28,29)6-10(11)19-14(25)9-5-12(24)22-16(27)21-9/h9-11,13H,5-7H2,1-4H3,(H,18,23)(H,19,25)(H,20,26)(H2,21,22,24,27)/t9-,10?,11?,13+/m0/s1. The van der Waals surface area contributed by atoms with Gasteiger partial charge in [-0.05, 0) is 5.41 Å². The predicted octanol–water partition coefficient (Wildman–Crippen LogP) is -2.47. The van der Waals surface area contributed by atoms with Gasteiger partial charge in [-0.25, -0.2) is 13.2 Å². The molecule has 2 aliphatic heterocycles. The third-order valence-corrected chi connectivity index (χ3v) is 6.48. The minimum atomic E-state index is -3.56. The molecule has 0 aromatic rings. The molecule has 6 amide bonds. The predicted molar refractivity (Wildman–Crippen MR) is 105 cm³/mol. The molecule has 30 heavy (non-hydrogen) atoms. The van der Waals surface area contributed by atoms with Crippen LogP contribution in [-0.2, 0) is 29.0 Å². The summed E-state index contributed by atoms with van der Waals surface area (Å²) in [6.45, 7) is 6.50. The molecule has 0 aromatic heterocycles. The van der Waals surface area contributed by atoms with E-state index >= 15 is 0 Å². The van der Waals surface area contributed by atoms with Crippen molar-refractivity contribution in [2.45, 2.75) is 58.3 Å². The quantitative estimate of drug-likeness (QED) is 0.311. The van der Waals surface area contributed by atoms with Gasteiger partial charge in [-0.1, -0.05) is 20.8 Å². The van der Waals surface area contributed by atoms with Crippen molar-refractivity contribution in [3.63, 3.8) is 0 Å². The van der Waals surface area contributed by atoms with Crippen LogP contribution in [0, 0.1) is 5.41 Å². The van der Waals surface area contributed by atoms with E-state index in [0.29, 0.717) is 0 Å². The van der Waals surface area contributed by atoms with Crippen LogP contribution >= 0.6 is 0 Å². The zero-order valence-electron chi connectivity index (χ0n) is 17.2. The fourth-order valence-corrected chi connectivity index (χ4v) is 5.19. The Bertz CT molecular complexity index is 848. The molecular weight excluding hydrogens is 418 g/mol. The summed E-state index contributed by atoms with van der Waals surface area (Å²) in [5, 5.41) is 11.9. The van der Waals surface area contributed by atoms with E-state index in [4.69, 9.17) is 0 Å². The first kappa shape index (κ1) is 23.6. The van der Waals surface area contributed by atoms with Gasteiger partial charge >= 0.3 is 6.03 Å². The Hall–Kier alpha value is -2.70. The average Bonchev–Trinajstić information content (AvgIpc) is 2.83. The van der Waals surface area contributed by atoms with Crippen LogP contribution in [0.1, 0.15) is 34.1 Å². The maximum absolute atomic E-state index is 12.8. The van der Waals surface area contributed by atoms with Crippen LogP contribution in [0.2, 0.25) is 0 Å². The number of sulfone groups is 1. The summed E-state index contributed by atoms with van der Waals surface area (Å²) < 4.78 is 24.3. The molecule has 0 aromatic carbocycles. The van der Waals surface area contributed by atoms with Gasteiger partial charge in [0.05, 0.1) is 30.0 Å². The lowest BCUT2D eigenvalue weighted by Crippen LogP contribution is -2.62. The van der Waals surface area contributed by atoms with Gasteiger partial charge in [-0.3, -0.25) is 24.5 Å². The summed E-state index contributed by atoms with van der Waals surface area (Å²) >= 11 is 0. The van der Waals surface area contributed by atoms with Crippen LogP contribution in [0.3, 0.4) is 0 Å². The van der Waals surface area contributed by atoms with Gasteiger partial charge in [0, 0.05) is 6.92 Å². The van der Waals surface area contributed by atoms with Gasteiger partial charge < -0.3 is 21.3 Å². The minimum Gasteiger partial charge on any atom is -0.348 e. The van der Waals surface area contributed by atoms with Crippen LogP contribution in [0.5, 0.6) is 0 Å². The molecule has 2 heterocycles. The number of rotatable bonds is 5. The van der Waals surface area contributed by atoms with Gasteiger partial charge in [-0.2, -0.15) is 0 Å². The molecule has 0 aliphatic carbocycles. The second-order valence-corrected chi connectivity index (χ2v) is 10.7. The van der Waals surface area contributed by atoms with Crippen molar-refractivity contribution < 1.29 is 32.4 Å². The molecular formula is C17H27N5O7S. The molecule has 0 bridgehead atoms. The zero-order valence-corrected chi connectivity index (χ0v) is 18.0. The Kier molecular flexibility index (Phi) is 6.74. The average molecular weight is 445 g/mol. The molecule has 0 saturated carbocycles. The van der Waals surface area contributed by atoms with Gasteiger partial charge in [0.25, 0.3) is 0 Å². The van der Waals surface area contributed by atoms with Crippen LogP contribution in [0.4, 0.5) is 4.79 Å². The lowest BCUT2D eigenvalue weighted by molar-refractivity contribution is -0.131. The summed E-state index contributed by atoms with van der Waals surface area (Å²) in [5.74, 6) is -3.15. The van der Waals surface area contributed by atoms with E-state index in [2.05, 4.69) is 21.3 Å². The Morgan fingerprint density at radius 1 is 1.07 bits per heavy atom. The minimum absolute atomic E-state index is 0.289. The van der Waals surface area contributed by atoms with Crippen molar-refractivity contribution in [3.05, 3.63) is 0 Å². The topological polar surface area (TPSA) is 180 Å². The highest BCUT2D eigenvalue weighted by Gasteiger charge is 2.43. The van der Waals surface area contributed by atoms with Crippen LogP contribution in [0.25, 0.3) is 0 Å². The van der Waals surface area contributed by atoms with Gasteiger partial charge in [0.15, 0.2) is 9.84 Å². The van der Waals surface area contributed by atoms with Crippen molar-refractivity contribution in [2.75, 3.05) is 11.5 Å². The second kappa shape index (κ2) is 8.58. The van der Waals surface area contributed by atoms with Crippen molar-refractivity contribution >= 4 is 39.5 Å². The fraction of sp³-hybridized carbons (Fsp3) is 0.706. The lowest BCUT2D eigenvalue weighted by Gasteiger charge is -2.32. The van der Waals surface area contributed by atoms with Crippen LogP contribution in [-0.4, -0.2) is 73.8 Å². The van der Waals surface area contributed by atoms with Gasteiger partial charge in [0.2, 0.25) is 23.6 Å². The number of hydrogen-bond donors (Lipinski definition) is 5. The molecule has 2 unspecified atom stereocenters. The monoisotopic (exact) mass is 445 g/mol. The van der Waals surface area contributed by atoms with E-state index in [1.807, 2.05) is 5.32 Å². The Balaban J connectivity index is 2.12. The maximum Gasteiger partial charge on any atom is 0.322 e. The number of imide groups is 1. The molecule has 2 rings (SSSR count). The third kappa shape index (κ3) is 6.15. The SMILES string of the molecule is CC(=O)N[C@H](C(=O)NC1CS(=O)(=O)CC1NC(=O)[C@@H]1CC(=O)NC(=O)N1)C(C)(C)C. The first-order valence-electron chi connectivity index (χ1n) is 9.36. The summed E-state index contributed by atoms with van der Waals surface area (Å²) in [6.07, 6.45) is -0.289. The molecule has 168 valence electrons. The molecule has 0 spiro atoms. The highest BCUT2D eigenvalue weighted by atomic mass is 32.2. The first-order valence-corrected chi connectivity index (χ1v) is 11.2. The Morgan fingerprint density at radius 2 is 1.63 bits per heavy atom. The number of amides is 6. The van der Waals surface area contributed by atoms with Crippen molar-refractivity contribution in [1.29, 1.82) is 0 Å². The summed E-state index contributed by atoms with van der Waals surface area (Å²) in [7, 11) is -3.56. The summed E-state index contributed by atoms with van der Waals surface area (Å²) in [6, 6.07) is -4.77. The molecule has 4 atom stereocenters. The van der Waals surface area contributed by atoms with Crippen molar-refractivity contribution in [2.24, 2.45) is 5.41 Å². The summed E-state index contributed by atoms with van der Waals surface area (Å²) in [4.78, 5) is 59.5. The normalized spacial score (nSPS) is 26.7. The molecule has 2 aliphatic rings. The number of carbonyl (C=O) groups excluding carboxylic acids is 5. The highest BCUT2D eigenvalue weighted by Crippen LogP contribution is 2.21. The van der Waals surface area contributed by atoms with E-state index in [9.17, 15) is 32.4 Å². The third-order valence-electron chi connectivity index (χ3n) is 4.75. The number of nitrogens with one attached hydrogen (secondary N) is 5. The van der Waals surface area contributed by atoms with Crippen LogP contribution in [0.15, 0.2) is 0 Å². The fourth-order valence-electron chi connectivity index (χ4n) is 3.33. The molecule has 5 N–H and O–H groups in total. The molecule has 0 radical (unpaired) electrons. The molecule has 12 nitrogen and oxygen atoms in total. The molecule has 13 heteroatoms. The van der Waals surface area contributed by atoms with Crippen LogP contribution < -0.4 is 26.6 Å². The van der Waals surface area contributed by atoms with Gasteiger partial charge in [-0.15, -0.1) is 0 Å². The van der Waals surface area contributed by atoms with Gasteiger partial charge in [0.1, 0.15) is 12.1 Å². The number of hydrogen-bond acceptors (Lipinski definition) is 7. The van der Waals surface area contributed by atoms with E-state index in [-0.39, 0.29) is 6.42 Å². The van der Waals surface area contributed by atoms with E-state index in [0.717, 1.165) is 0 Å². The number of carbonyl (C=O) groups is 5. The van der Waals surface area contributed by atoms with E-state index in [1.54, 1.807) is 20.8 Å². The Labute approximate surface area is 174 Å². The largest absolute Gasteiger partial charge is 0.348 e. The smallest absolute Gasteiger partial charge is 0.322 e. The number of urea groups is 1. The van der Waals surface area contributed by atoms with Crippen molar-refractivity contribution in [1.82, 2.24) is 26.6 Å². The first-order chi connectivity index (χ1) is 13.7. The zero-order chi connectivity index (χ0) is 22.9. The van der Waals surface area contributed by atoms with E-state index < -0.39 is 80.6 Å². The summed E-state index contributed by atoms with van der Waals surface area (Å²) in [5.41, 5.74) is -0.647. The highest BCUT2D eigenvalue weighted by molar-refractivity contribution is 7.91.